The SMILES string of the molecule is Cc1sc(NC(=O)c2cn(Cc3cccnc3)nn2)nc1-c1ccc(F)cc1. The van der Waals surface area contributed by atoms with Gasteiger partial charge in [0.25, 0.3) is 5.91 Å². The Labute approximate surface area is 163 Å². The van der Waals surface area contributed by atoms with Gasteiger partial charge in [-0.3, -0.25) is 15.1 Å². The van der Waals surface area contributed by atoms with Crippen LogP contribution in [0.3, 0.4) is 0 Å². The van der Waals surface area contributed by atoms with E-state index in [1.165, 1.54) is 23.5 Å². The second-order valence-electron chi connectivity index (χ2n) is 6.05. The summed E-state index contributed by atoms with van der Waals surface area (Å²) in [6.07, 6.45) is 5.00. The minimum absolute atomic E-state index is 0.195. The van der Waals surface area contributed by atoms with Crippen LogP contribution in [-0.2, 0) is 6.54 Å². The van der Waals surface area contributed by atoms with Crippen molar-refractivity contribution in [2.24, 2.45) is 0 Å². The quantitative estimate of drug-likeness (QED) is 0.560. The number of hydrogen-bond donors (Lipinski definition) is 1. The summed E-state index contributed by atoms with van der Waals surface area (Å²) in [6, 6.07) is 9.84. The molecule has 28 heavy (non-hydrogen) atoms. The molecule has 9 heteroatoms. The number of pyridine rings is 1. The van der Waals surface area contributed by atoms with Crippen molar-refractivity contribution in [2.75, 3.05) is 5.32 Å². The monoisotopic (exact) mass is 394 g/mol. The molecule has 0 saturated heterocycles. The summed E-state index contributed by atoms with van der Waals surface area (Å²) in [5.41, 5.74) is 2.65. The lowest BCUT2D eigenvalue weighted by Crippen LogP contribution is -2.12. The highest BCUT2D eigenvalue weighted by atomic mass is 32.1. The van der Waals surface area contributed by atoms with Crippen LogP contribution in [0, 0.1) is 12.7 Å². The van der Waals surface area contributed by atoms with Crippen LogP contribution in [0.4, 0.5) is 9.52 Å². The van der Waals surface area contributed by atoms with E-state index in [9.17, 15) is 9.18 Å². The first-order valence-electron chi connectivity index (χ1n) is 8.42. The van der Waals surface area contributed by atoms with Gasteiger partial charge in [-0.15, -0.1) is 16.4 Å². The van der Waals surface area contributed by atoms with E-state index in [1.807, 2.05) is 19.1 Å². The van der Waals surface area contributed by atoms with E-state index < -0.39 is 5.91 Å². The molecule has 0 radical (unpaired) electrons. The molecule has 0 bridgehead atoms. The third kappa shape index (κ3) is 3.94. The van der Waals surface area contributed by atoms with E-state index >= 15 is 0 Å². The van der Waals surface area contributed by atoms with E-state index in [1.54, 1.807) is 35.4 Å². The number of benzene rings is 1. The van der Waals surface area contributed by atoms with E-state index in [0.717, 1.165) is 16.0 Å². The van der Waals surface area contributed by atoms with Gasteiger partial charge in [0.15, 0.2) is 10.8 Å². The molecule has 1 amide bonds. The van der Waals surface area contributed by atoms with Gasteiger partial charge in [-0.25, -0.2) is 14.1 Å². The molecule has 140 valence electrons. The number of nitrogens with one attached hydrogen (secondary N) is 1. The van der Waals surface area contributed by atoms with Crippen molar-refractivity contribution in [3.8, 4) is 11.3 Å². The average Bonchev–Trinajstić information content (AvgIpc) is 3.30. The van der Waals surface area contributed by atoms with Crippen LogP contribution < -0.4 is 5.32 Å². The highest BCUT2D eigenvalue weighted by Crippen LogP contribution is 2.30. The van der Waals surface area contributed by atoms with Crippen molar-refractivity contribution in [3.05, 3.63) is 76.9 Å². The highest BCUT2D eigenvalue weighted by Gasteiger charge is 2.16. The number of carbonyl (C=O) groups excluding carboxylic acids is 1. The number of nitrogens with zero attached hydrogens (tertiary/aromatic N) is 5. The molecule has 0 aliphatic carbocycles. The highest BCUT2D eigenvalue weighted by molar-refractivity contribution is 7.16. The van der Waals surface area contributed by atoms with Gasteiger partial charge in [-0.05, 0) is 42.8 Å². The summed E-state index contributed by atoms with van der Waals surface area (Å²) in [4.78, 5) is 21.9. The molecular formula is C19H15FN6OS. The Morgan fingerprint density at radius 3 is 2.82 bits per heavy atom. The van der Waals surface area contributed by atoms with E-state index in [0.29, 0.717) is 17.4 Å². The first-order chi connectivity index (χ1) is 13.6. The summed E-state index contributed by atoms with van der Waals surface area (Å²) < 4.78 is 14.7. The summed E-state index contributed by atoms with van der Waals surface area (Å²) in [7, 11) is 0. The van der Waals surface area contributed by atoms with Gasteiger partial charge < -0.3 is 0 Å². The Bertz CT molecular complexity index is 1110. The van der Waals surface area contributed by atoms with Gasteiger partial charge in [0.05, 0.1) is 18.4 Å². The molecule has 1 N–H and O–H groups in total. The number of aromatic nitrogens is 5. The first kappa shape index (κ1) is 17.9. The molecule has 0 saturated carbocycles. The average molecular weight is 394 g/mol. The molecule has 3 heterocycles. The lowest BCUT2D eigenvalue weighted by Gasteiger charge is -1.99. The number of anilines is 1. The Hall–Kier alpha value is -3.46. The van der Waals surface area contributed by atoms with Crippen molar-refractivity contribution in [2.45, 2.75) is 13.5 Å². The zero-order valence-corrected chi connectivity index (χ0v) is 15.7. The second kappa shape index (κ2) is 7.65. The summed E-state index contributed by atoms with van der Waals surface area (Å²) in [5.74, 6) is -0.698. The van der Waals surface area contributed by atoms with Crippen LogP contribution in [0.2, 0.25) is 0 Å². The maximum absolute atomic E-state index is 13.1. The fourth-order valence-electron chi connectivity index (χ4n) is 2.65. The normalized spacial score (nSPS) is 10.8. The minimum atomic E-state index is -0.392. The van der Waals surface area contributed by atoms with Crippen molar-refractivity contribution in [1.82, 2.24) is 25.0 Å². The molecule has 0 spiro atoms. The van der Waals surface area contributed by atoms with Crippen LogP contribution in [0.1, 0.15) is 20.9 Å². The molecule has 7 nitrogen and oxygen atoms in total. The summed E-state index contributed by atoms with van der Waals surface area (Å²) in [6.45, 7) is 2.37. The van der Waals surface area contributed by atoms with E-state index in [4.69, 9.17) is 0 Å². The van der Waals surface area contributed by atoms with Crippen molar-refractivity contribution < 1.29 is 9.18 Å². The molecule has 0 aliphatic heterocycles. The lowest BCUT2D eigenvalue weighted by atomic mass is 10.1. The topological polar surface area (TPSA) is 85.6 Å². The fraction of sp³-hybridized carbons (Fsp3) is 0.105. The Morgan fingerprint density at radius 2 is 2.07 bits per heavy atom. The standard InChI is InChI=1S/C19H15FN6OS/c1-12-17(14-4-6-15(20)7-5-14)22-19(28-12)23-18(27)16-11-26(25-24-16)10-13-3-2-8-21-9-13/h2-9,11H,10H2,1H3,(H,22,23,27). The molecular weight excluding hydrogens is 379 g/mol. The number of amides is 1. The number of carbonyl (C=O) groups is 1. The number of hydrogen-bond acceptors (Lipinski definition) is 6. The van der Waals surface area contributed by atoms with Gasteiger partial charge in [-0.2, -0.15) is 0 Å². The van der Waals surface area contributed by atoms with Crippen molar-refractivity contribution in [3.63, 3.8) is 0 Å². The number of aryl methyl sites for hydroxylation is 1. The predicted molar refractivity (Wildman–Crippen MR) is 104 cm³/mol. The Kier molecular flexibility index (Phi) is 4.90. The maximum atomic E-state index is 13.1. The van der Waals surface area contributed by atoms with E-state index in [2.05, 4.69) is 25.6 Å². The maximum Gasteiger partial charge on any atom is 0.279 e. The third-order valence-electron chi connectivity index (χ3n) is 3.97. The van der Waals surface area contributed by atoms with Gasteiger partial charge in [0.2, 0.25) is 0 Å². The van der Waals surface area contributed by atoms with Gasteiger partial charge >= 0.3 is 0 Å². The largest absolute Gasteiger partial charge is 0.296 e. The van der Waals surface area contributed by atoms with Crippen LogP contribution in [0.25, 0.3) is 11.3 Å². The zero-order valence-electron chi connectivity index (χ0n) is 14.8. The number of rotatable bonds is 5. The first-order valence-corrected chi connectivity index (χ1v) is 9.24. The molecule has 0 unspecified atom stereocenters. The Balaban J connectivity index is 1.47. The van der Waals surface area contributed by atoms with Crippen LogP contribution >= 0.6 is 11.3 Å². The smallest absolute Gasteiger partial charge is 0.279 e. The minimum Gasteiger partial charge on any atom is -0.296 e. The van der Waals surface area contributed by atoms with Crippen LogP contribution in [-0.4, -0.2) is 30.9 Å². The number of thiazole rings is 1. The molecule has 0 atom stereocenters. The second-order valence-corrected chi connectivity index (χ2v) is 7.25. The van der Waals surface area contributed by atoms with Crippen molar-refractivity contribution in [1.29, 1.82) is 0 Å². The molecule has 3 aromatic heterocycles. The van der Waals surface area contributed by atoms with Crippen LogP contribution in [0.15, 0.2) is 55.0 Å². The molecule has 4 rings (SSSR count). The number of halogens is 1. The molecule has 0 fully saturated rings. The summed E-state index contributed by atoms with van der Waals surface area (Å²) >= 11 is 1.35. The Morgan fingerprint density at radius 1 is 1.25 bits per heavy atom. The molecule has 1 aromatic carbocycles. The van der Waals surface area contributed by atoms with Crippen LogP contribution in [0.5, 0.6) is 0 Å². The lowest BCUT2D eigenvalue weighted by molar-refractivity contribution is 0.102. The summed E-state index contributed by atoms with van der Waals surface area (Å²) in [5, 5.41) is 11.1. The predicted octanol–water partition coefficient (Wildman–Crippen LogP) is 3.54. The van der Waals surface area contributed by atoms with Gasteiger partial charge in [0.1, 0.15) is 5.82 Å². The molecule has 4 aromatic rings. The van der Waals surface area contributed by atoms with Gasteiger partial charge in [0, 0.05) is 22.8 Å². The zero-order chi connectivity index (χ0) is 19.5. The third-order valence-corrected chi connectivity index (χ3v) is 4.86. The van der Waals surface area contributed by atoms with E-state index in [-0.39, 0.29) is 11.5 Å². The van der Waals surface area contributed by atoms with Crippen molar-refractivity contribution >= 4 is 22.4 Å². The fourth-order valence-corrected chi connectivity index (χ4v) is 3.48. The molecule has 0 aliphatic rings. The van der Waals surface area contributed by atoms with Gasteiger partial charge in [-0.1, -0.05) is 11.3 Å².